The highest BCUT2D eigenvalue weighted by molar-refractivity contribution is 7.92. The van der Waals surface area contributed by atoms with Crippen molar-refractivity contribution in [3.63, 3.8) is 0 Å². The van der Waals surface area contributed by atoms with Crippen LogP contribution in [0, 0.1) is 5.82 Å². The lowest BCUT2D eigenvalue weighted by Crippen LogP contribution is -2.55. The first-order valence-electron chi connectivity index (χ1n) is 12.5. The number of anilines is 3. The fraction of sp³-hybridized carbons (Fsp3) is 0.333. The van der Waals surface area contributed by atoms with Crippen molar-refractivity contribution < 1.29 is 20.5 Å². The van der Waals surface area contributed by atoms with E-state index in [4.69, 9.17) is 11.6 Å². The van der Waals surface area contributed by atoms with E-state index in [-0.39, 0.29) is 36.4 Å². The Morgan fingerprint density at radius 3 is 2.53 bits per heavy atom. The Kier molecular flexibility index (Phi) is 7.45. The van der Waals surface area contributed by atoms with E-state index >= 15 is 0 Å². The van der Waals surface area contributed by atoms with Crippen LogP contribution in [0.2, 0.25) is 5.15 Å². The Morgan fingerprint density at radius 2 is 1.82 bits per heavy atom. The zero-order chi connectivity index (χ0) is 26.9. The van der Waals surface area contributed by atoms with Gasteiger partial charge < -0.3 is 14.7 Å². The Labute approximate surface area is 230 Å². The Morgan fingerprint density at radius 1 is 1.08 bits per heavy atom. The molecule has 2 aliphatic rings. The van der Waals surface area contributed by atoms with Gasteiger partial charge in [-0.3, -0.25) is 9.52 Å². The van der Waals surface area contributed by atoms with Crippen LogP contribution in [-0.2, 0) is 21.2 Å². The van der Waals surface area contributed by atoms with Crippen LogP contribution < -0.4 is 14.5 Å². The highest BCUT2D eigenvalue weighted by atomic mass is 35.5. The SMILES string of the molecule is C[C@H](C(=O)N1CCN(c2ccc(S(=O)(=O)Nc3cccnc3Cl)cc2)CC1)N1CCCc2cc(F)ccc21.[HH].[HH]. The molecule has 1 amide bonds. The number of carbonyl (C=O) groups excluding carboxylic acids is 1. The van der Waals surface area contributed by atoms with Crippen molar-refractivity contribution in [3.8, 4) is 0 Å². The minimum atomic E-state index is -3.82. The van der Waals surface area contributed by atoms with Gasteiger partial charge in [0.25, 0.3) is 10.0 Å². The maximum Gasteiger partial charge on any atom is 0.261 e. The largest absolute Gasteiger partial charge is 0.368 e. The standard InChI is InChI=1S/C27H29ClFN5O3S.2H2/c1-19(34-13-3-4-20-18-21(29)6-11-25(20)34)27(35)33-16-14-32(15-17-33)22-7-9-23(10-8-22)38(36,37)31-24-5-2-12-30-26(24)28;;/h2,5-12,18-19,31H,3-4,13-17H2,1H3;2*1H/t19-;;/m1../s1. The molecule has 38 heavy (non-hydrogen) atoms. The van der Waals surface area contributed by atoms with Crippen molar-refractivity contribution in [1.29, 1.82) is 0 Å². The summed E-state index contributed by atoms with van der Waals surface area (Å²) in [6.07, 6.45) is 3.19. The molecule has 0 aliphatic carbocycles. The number of halogens is 2. The fourth-order valence-corrected chi connectivity index (χ4v) is 6.37. The lowest BCUT2D eigenvalue weighted by Gasteiger charge is -2.41. The van der Waals surface area contributed by atoms with Gasteiger partial charge in [0.1, 0.15) is 11.9 Å². The third-order valence-electron chi connectivity index (χ3n) is 7.13. The van der Waals surface area contributed by atoms with Crippen molar-refractivity contribution in [2.24, 2.45) is 0 Å². The maximum atomic E-state index is 13.7. The minimum Gasteiger partial charge on any atom is -0.368 e. The molecule has 0 spiro atoms. The Bertz CT molecular complexity index is 1440. The first-order chi connectivity index (χ1) is 18.2. The number of fused-ring (bicyclic) bond motifs is 1. The summed E-state index contributed by atoms with van der Waals surface area (Å²) in [7, 11) is -3.82. The Balaban J connectivity index is 0.00000220. The average Bonchev–Trinajstić information content (AvgIpc) is 2.93. The van der Waals surface area contributed by atoms with Crippen molar-refractivity contribution in [2.75, 3.05) is 47.2 Å². The molecule has 8 nitrogen and oxygen atoms in total. The zero-order valence-corrected chi connectivity index (χ0v) is 22.6. The molecule has 1 aromatic heterocycles. The van der Waals surface area contributed by atoms with E-state index in [0.717, 1.165) is 36.3 Å². The molecule has 1 saturated heterocycles. The number of aromatic nitrogens is 1. The summed E-state index contributed by atoms with van der Waals surface area (Å²) < 4.78 is 41.7. The molecular weight excluding hydrogens is 529 g/mol. The van der Waals surface area contributed by atoms with Crippen molar-refractivity contribution in [3.05, 3.63) is 77.3 Å². The summed E-state index contributed by atoms with van der Waals surface area (Å²) in [4.78, 5) is 23.4. The van der Waals surface area contributed by atoms with Crippen LogP contribution in [0.4, 0.5) is 21.5 Å². The summed E-state index contributed by atoms with van der Waals surface area (Å²) in [6, 6.07) is 14.2. The van der Waals surface area contributed by atoms with Gasteiger partial charge in [-0.25, -0.2) is 17.8 Å². The number of carbonyl (C=O) groups is 1. The van der Waals surface area contributed by atoms with Crippen LogP contribution in [0.3, 0.4) is 0 Å². The number of piperazine rings is 1. The van der Waals surface area contributed by atoms with E-state index in [2.05, 4.69) is 19.5 Å². The van der Waals surface area contributed by atoms with Gasteiger partial charge in [0, 0.05) is 53.1 Å². The summed E-state index contributed by atoms with van der Waals surface area (Å²) in [5.41, 5.74) is 2.99. The zero-order valence-electron chi connectivity index (χ0n) is 21.0. The number of rotatable bonds is 6. The predicted molar refractivity (Wildman–Crippen MR) is 151 cm³/mol. The van der Waals surface area contributed by atoms with Gasteiger partial charge >= 0.3 is 0 Å². The van der Waals surface area contributed by atoms with Gasteiger partial charge in [0.15, 0.2) is 5.15 Å². The van der Waals surface area contributed by atoms with E-state index in [0.29, 0.717) is 26.2 Å². The van der Waals surface area contributed by atoms with Gasteiger partial charge in [-0.15, -0.1) is 0 Å². The van der Waals surface area contributed by atoms with E-state index < -0.39 is 10.0 Å². The molecule has 3 heterocycles. The number of hydrogen-bond acceptors (Lipinski definition) is 6. The van der Waals surface area contributed by atoms with Crippen LogP contribution in [-0.4, -0.2) is 63.0 Å². The number of nitrogens with one attached hydrogen (secondary N) is 1. The van der Waals surface area contributed by atoms with Crippen molar-refractivity contribution in [1.82, 2.24) is 9.88 Å². The molecule has 1 fully saturated rings. The fourth-order valence-electron chi connectivity index (χ4n) is 5.08. The second kappa shape index (κ2) is 10.8. The van der Waals surface area contributed by atoms with Crippen LogP contribution >= 0.6 is 11.6 Å². The van der Waals surface area contributed by atoms with Crippen LogP contribution in [0.1, 0.15) is 21.8 Å². The molecule has 0 bridgehead atoms. The summed E-state index contributed by atoms with van der Waals surface area (Å²) in [5.74, 6) is -0.191. The monoisotopic (exact) mass is 561 g/mol. The average molecular weight is 562 g/mol. The molecule has 0 saturated carbocycles. The first-order valence-corrected chi connectivity index (χ1v) is 14.4. The molecule has 2 aromatic carbocycles. The molecular formula is C27H33ClFN5O3S. The third-order valence-corrected chi connectivity index (χ3v) is 8.81. The summed E-state index contributed by atoms with van der Waals surface area (Å²) >= 11 is 5.98. The number of nitrogens with zero attached hydrogens (tertiary/aromatic N) is 4. The molecule has 3 aromatic rings. The Hall–Kier alpha value is -3.37. The molecule has 204 valence electrons. The number of benzene rings is 2. The molecule has 11 heteroatoms. The number of amides is 1. The van der Waals surface area contributed by atoms with Crippen molar-refractivity contribution >= 4 is 44.6 Å². The number of sulfonamides is 1. The predicted octanol–water partition coefficient (Wildman–Crippen LogP) is 4.66. The summed E-state index contributed by atoms with van der Waals surface area (Å²) in [6.45, 7) is 5.08. The summed E-state index contributed by atoms with van der Waals surface area (Å²) in [5, 5.41) is 0.0767. The molecule has 5 rings (SSSR count). The van der Waals surface area contributed by atoms with E-state index in [1.165, 1.54) is 12.3 Å². The van der Waals surface area contributed by atoms with Crippen molar-refractivity contribution in [2.45, 2.75) is 30.7 Å². The van der Waals surface area contributed by atoms with Gasteiger partial charge in [-0.2, -0.15) is 0 Å². The van der Waals surface area contributed by atoms with Gasteiger partial charge in [-0.1, -0.05) is 11.6 Å². The van der Waals surface area contributed by atoms with E-state index in [1.54, 1.807) is 48.5 Å². The highest BCUT2D eigenvalue weighted by Gasteiger charge is 2.31. The molecule has 1 N–H and O–H groups in total. The van der Waals surface area contributed by atoms with E-state index in [9.17, 15) is 17.6 Å². The molecule has 1 atom stereocenters. The molecule has 2 aliphatic heterocycles. The van der Waals surface area contributed by atoms with Crippen LogP contribution in [0.25, 0.3) is 0 Å². The lowest BCUT2D eigenvalue weighted by molar-refractivity contribution is -0.132. The second-order valence-electron chi connectivity index (χ2n) is 9.50. The van der Waals surface area contributed by atoms with E-state index in [1.807, 2.05) is 11.8 Å². The third kappa shape index (κ3) is 5.42. The number of hydrogen-bond donors (Lipinski definition) is 1. The van der Waals surface area contributed by atoms with Crippen LogP contribution in [0.15, 0.2) is 65.7 Å². The number of pyridine rings is 1. The number of aryl methyl sites for hydroxylation is 1. The smallest absolute Gasteiger partial charge is 0.261 e. The first kappa shape index (κ1) is 26.2. The minimum absolute atomic E-state index is 0. The molecule has 0 unspecified atom stereocenters. The van der Waals surface area contributed by atoms with Gasteiger partial charge in [-0.05, 0) is 79.9 Å². The highest BCUT2D eigenvalue weighted by Crippen LogP contribution is 2.30. The lowest BCUT2D eigenvalue weighted by atomic mass is 9.99. The maximum absolute atomic E-state index is 13.7. The van der Waals surface area contributed by atoms with Gasteiger partial charge in [0.2, 0.25) is 5.91 Å². The normalized spacial score (nSPS) is 16.7. The molecule has 0 radical (unpaired) electrons. The second-order valence-corrected chi connectivity index (χ2v) is 11.5. The quantitative estimate of drug-likeness (QED) is 0.441. The van der Waals surface area contributed by atoms with Crippen LogP contribution in [0.5, 0.6) is 0 Å². The topological polar surface area (TPSA) is 85.8 Å². The van der Waals surface area contributed by atoms with Gasteiger partial charge in [0.05, 0.1) is 10.6 Å².